The Morgan fingerprint density at radius 3 is 2.48 bits per heavy atom. The Hall–Kier alpha value is -2.99. The van der Waals surface area contributed by atoms with E-state index in [1.807, 2.05) is 43.3 Å². The summed E-state index contributed by atoms with van der Waals surface area (Å²) in [5.41, 5.74) is 0.381. The van der Waals surface area contributed by atoms with Crippen molar-refractivity contribution in [3.63, 3.8) is 0 Å². The van der Waals surface area contributed by atoms with Crippen molar-refractivity contribution < 1.29 is 9.47 Å². The molecule has 0 saturated carbocycles. The van der Waals surface area contributed by atoms with Gasteiger partial charge in [-0.05, 0) is 19.1 Å². The maximum atomic E-state index is 9.03. The van der Waals surface area contributed by atoms with E-state index in [0.29, 0.717) is 31.3 Å². The highest BCUT2D eigenvalue weighted by Crippen LogP contribution is 2.26. The molecule has 1 aromatic carbocycles. The molecule has 0 aliphatic heterocycles. The molecule has 0 bridgehead atoms. The highest BCUT2D eigenvalue weighted by molar-refractivity contribution is 5.39. The molecule has 2 aromatic rings. The Morgan fingerprint density at radius 1 is 1.14 bits per heavy atom. The average molecular weight is 282 g/mol. The van der Waals surface area contributed by atoms with E-state index in [-0.39, 0.29) is 11.4 Å². The van der Waals surface area contributed by atoms with Crippen molar-refractivity contribution in [3.8, 4) is 23.6 Å². The van der Waals surface area contributed by atoms with Crippen LogP contribution in [-0.4, -0.2) is 22.8 Å². The molecule has 0 unspecified atom stereocenters. The largest absolute Gasteiger partial charge is 0.490 e. The monoisotopic (exact) mass is 282 g/mol. The van der Waals surface area contributed by atoms with Gasteiger partial charge in [-0.2, -0.15) is 10.5 Å². The molecule has 6 nitrogen and oxygen atoms in total. The van der Waals surface area contributed by atoms with E-state index in [4.69, 9.17) is 20.0 Å². The van der Waals surface area contributed by atoms with Gasteiger partial charge >= 0.3 is 0 Å². The lowest BCUT2D eigenvalue weighted by molar-refractivity contribution is 0.266. The lowest BCUT2D eigenvalue weighted by atomic mass is 10.3. The summed E-state index contributed by atoms with van der Waals surface area (Å²) in [7, 11) is 0. The van der Waals surface area contributed by atoms with Gasteiger partial charge in [0.1, 0.15) is 18.7 Å². The van der Waals surface area contributed by atoms with E-state index in [1.54, 1.807) is 4.57 Å². The SMILES string of the molecule is CCOc1ccccc1OCCn1cnc(C#N)c1C#N. The van der Waals surface area contributed by atoms with E-state index in [2.05, 4.69) is 4.98 Å². The Balaban J connectivity index is 2.01. The van der Waals surface area contributed by atoms with E-state index in [0.717, 1.165) is 0 Å². The molecule has 0 N–H and O–H groups in total. The van der Waals surface area contributed by atoms with E-state index < -0.39 is 0 Å². The third kappa shape index (κ3) is 3.31. The zero-order chi connectivity index (χ0) is 15.1. The molecular weight excluding hydrogens is 268 g/mol. The lowest BCUT2D eigenvalue weighted by Crippen LogP contribution is -2.10. The molecule has 6 heteroatoms. The fourth-order valence-electron chi connectivity index (χ4n) is 1.85. The molecule has 0 radical (unpaired) electrons. The molecule has 2 rings (SSSR count). The summed E-state index contributed by atoms with van der Waals surface area (Å²) < 4.78 is 12.7. The fraction of sp³-hybridized carbons (Fsp3) is 0.267. The summed E-state index contributed by atoms with van der Waals surface area (Å²) in [4.78, 5) is 3.88. The molecule has 0 atom stereocenters. The zero-order valence-corrected chi connectivity index (χ0v) is 11.6. The minimum Gasteiger partial charge on any atom is -0.490 e. The van der Waals surface area contributed by atoms with Crippen molar-refractivity contribution in [2.75, 3.05) is 13.2 Å². The Kier molecular flexibility index (Phi) is 4.79. The van der Waals surface area contributed by atoms with Crippen LogP contribution in [0.3, 0.4) is 0 Å². The second-order valence-electron chi connectivity index (χ2n) is 4.09. The van der Waals surface area contributed by atoms with E-state index >= 15 is 0 Å². The van der Waals surface area contributed by atoms with Gasteiger partial charge in [-0.3, -0.25) is 0 Å². The number of benzene rings is 1. The quantitative estimate of drug-likeness (QED) is 0.810. The topological polar surface area (TPSA) is 83.9 Å². The Morgan fingerprint density at radius 2 is 1.86 bits per heavy atom. The molecular formula is C15H14N4O2. The lowest BCUT2D eigenvalue weighted by Gasteiger charge is -2.11. The van der Waals surface area contributed by atoms with Gasteiger partial charge in [0, 0.05) is 0 Å². The first-order chi connectivity index (χ1) is 10.3. The second-order valence-corrected chi connectivity index (χ2v) is 4.09. The van der Waals surface area contributed by atoms with Crippen LogP contribution in [0.25, 0.3) is 0 Å². The molecule has 0 fully saturated rings. The number of aromatic nitrogens is 2. The van der Waals surface area contributed by atoms with Gasteiger partial charge in [-0.25, -0.2) is 4.98 Å². The van der Waals surface area contributed by atoms with Crippen molar-refractivity contribution in [3.05, 3.63) is 42.0 Å². The Bertz CT molecular complexity index is 694. The van der Waals surface area contributed by atoms with Crippen molar-refractivity contribution in [2.45, 2.75) is 13.5 Å². The molecule has 0 aliphatic carbocycles. The highest BCUT2D eigenvalue weighted by Gasteiger charge is 2.10. The van der Waals surface area contributed by atoms with Gasteiger partial charge in [0.25, 0.3) is 0 Å². The van der Waals surface area contributed by atoms with Crippen LogP contribution in [0.4, 0.5) is 0 Å². The van der Waals surface area contributed by atoms with Gasteiger partial charge in [0.2, 0.25) is 0 Å². The summed E-state index contributed by atoms with van der Waals surface area (Å²) in [5, 5.41) is 17.9. The number of nitriles is 2. The van der Waals surface area contributed by atoms with Gasteiger partial charge in [0.15, 0.2) is 22.9 Å². The van der Waals surface area contributed by atoms with Gasteiger partial charge in [0.05, 0.1) is 19.5 Å². The smallest absolute Gasteiger partial charge is 0.176 e. The molecule has 0 saturated heterocycles. The molecule has 0 spiro atoms. The van der Waals surface area contributed by atoms with Crippen molar-refractivity contribution in [1.82, 2.24) is 9.55 Å². The minimum absolute atomic E-state index is 0.132. The van der Waals surface area contributed by atoms with Crippen molar-refractivity contribution >= 4 is 0 Å². The average Bonchev–Trinajstić information content (AvgIpc) is 2.91. The van der Waals surface area contributed by atoms with Crippen LogP contribution >= 0.6 is 0 Å². The second kappa shape index (κ2) is 6.97. The van der Waals surface area contributed by atoms with Crippen molar-refractivity contribution in [2.24, 2.45) is 0 Å². The highest BCUT2D eigenvalue weighted by atomic mass is 16.5. The van der Waals surface area contributed by atoms with E-state index in [9.17, 15) is 0 Å². The van der Waals surface area contributed by atoms with Crippen LogP contribution in [0.1, 0.15) is 18.3 Å². The number of nitrogens with zero attached hydrogens (tertiary/aromatic N) is 4. The molecule has 0 aliphatic rings. The first kappa shape index (κ1) is 14.4. The predicted octanol–water partition coefficient (Wildman–Crippen LogP) is 2.10. The van der Waals surface area contributed by atoms with Crippen LogP contribution in [0.15, 0.2) is 30.6 Å². The number of ether oxygens (including phenoxy) is 2. The Labute approximate surface area is 122 Å². The van der Waals surface area contributed by atoms with Gasteiger partial charge in [-0.1, -0.05) is 12.1 Å². The normalized spacial score (nSPS) is 9.67. The first-order valence-corrected chi connectivity index (χ1v) is 6.50. The zero-order valence-electron chi connectivity index (χ0n) is 11.6. The summed E-state index contributed by atoms with van der Waals surface area (Å²) in [6.07, 6.45) is 1.47. The van der Waals surface area contributed by atoms with Crippen LogP contribution in [0.2, 0.25) is 0 Å². The summed E-state index contributed by atoms with van der Waals surface area (Å²) in [5.74, 6) is 1.34. The number of imidazole rings is 1. The van der Waals surface area contributed by atoms with Gasteiger partial charge in [-0.15, -0.1) is 0 Å². The first-order valence-electron chi connectivity index (χ1n) is 6.50. The van der Waals surface area contributed by atoms with Crippen LogP contribution in [0.5, 0.6) is 11.5 Å². The summed E-state index contributed by atoms with van der Waals surface area (Å²) in [6, 6.07) is 11.3. The van der Waals surface area contributed by atoms with E-state index in [1.165, 1.54) is 6.33 Å². The van der Waals surface area contributed by atoms with Gasteiger partial charge < -0.3 is 14.0 Å². The standard InChI is InChI=1S/C15H14N4O2/c1-2-20-14-5-3-4-6-15(14)21-8-7-19-11-18-12(9-16)13(19)10-17/h3-6,11H,2,7-8H2,1H3. The number of rotatable bonds is 6. The summed E-state index contributed by atoms with van der Waals surface area (Å²) >= 11 is 0. The number of hydrogen-bond acceptors (Lipinski definition) is 5. The van der Waals surface area contributed by atoms with Crippen LogP contribution in [0, 0.1) is 22.7 Å². The predicted molar refractivity (Wildman–Crippen MR) is 74.8 cm³/mol. The maximum Gasteiger partial charge on any atom is 0.176 e. The van der Waals surface area contributed by atoms with Crippen LogP contribution < -0.4 is 9.47 Å². The van der Waals surface area contributed by atoms with Crippen LogP contribution in [-0.2, 0) is 6.54 Å². The third-order valence-corrected chi connectivity index (χ3v) is 2.79. The third-order valence-electron chi connectivity index (χ3n) is 2.79. The summed E-state index contributed by atoms with van der Waals surface area (Å²) in [6.45, 7) is 3.24. The number of para-hydroxylation sites is 2. The molecule has 106 valence electrons. The molecule has 1 heterocycles. The van der Waals surface area contributed by atoms with Crippen molar-refractivity contribution in [1.29, 1.82) is 10.5 Å². The molecule has 21 heavy (non-hydrogen) atoms. The fourth-order valence-corrected chi connectivity index (χ4v) is 1.85. The minimum atomic E-state index is 0.132. The number of hydrogen-bond donors (Lipinski definition) is 0. The molecule has 1 aromatic heterocycles. The molecule has 0 amide bonds. The maximum absolute atomic E-state index is 9.03.